The summed E-state index contributed by atoms with van der Waals surface area (Å²) in [5.41, 5.74) is 0.433. The van der Waals surface area contributed by atoms with Gasteiger partial charge >= 0.3 is 6.18 Å². The first-order valence-corrected chi connectivity index (χ1v) is 11.2. The number of carbonyl (C=O) groups is 1. The smallest absolute Gasteiger partial charge is 0.392 e. The van der Waals surface area contributed by atoms with Crippen LogP contribution in [0.2, 0.25) is 0 Å². The van der Waals surface area contributed by atoms with Gasteiger partial charge in [0.1, 0.15) is 18.0 Å². The van der Waals surface area contributed by atoms with Crippen LogP contribution in [0, 0.1) is 5.82 Å². The highest BCUT2D eigenvalue weighted by Crippen LogP contribution is 2.28. The maximum atomic E-state index is 14.1. The number of sulfonamides is 1. The molecule has 1 saturated heterocycles. The molecule has 0 unspecified atom stereocenters. The van der Waals surface area contributed by atoms with Crippen LogP contribution in [0.5, 0.6) is 5.88 Å². The standard InChI is InChI=1S/C20H20F5N3O4S/c21-14-1-3-16(4-2-14)33(30,31)28-12-15(22)10-17(28)19(29)27-11-13-5-7-26-18(9-13)32-8-6-20(23,24)25/h1-5,7,9,15,17H,6,8,10-12H2,(H,27,29)/t15-,17+/m1/s1. The molecule has 2 heterocycles. The van der Waals surface area contributed by atoms with E-state index in [0.717, 1.165) is 28.6 Å². The minimum atomic E-state index is -4.37. The van der Waals surface area contributed by atoms with E-state index < -0.39 is 59.7 Å². The Kier molecular flexibility index (Phi) is 7.52. The summed E-state index contributed by atoms with van der Waals surface area (Å²) < 4.78 is 95.3. The zero-order chi connectivity index (χ0) is 24.2. The molecule has 1 aliphatic heterocycles. The third-order valence-electron chi connectivity index (χ3n) is 4.83. The SMILES string of the molecule is O=C(NCc1ccnc(OCCC(F)(F)F)c1)[C@@H]1C[C@@H](F)CN1S(=O)(=O)c1ccc(F)cc1. The van der Waals surface area contributed by atoms with Crippen LogP contribution in [0.1, 0.15) is 18.4 Å². The van der Waals surface area contributed by atoms with Crippen molar-refractivity contribution in [2.45, 2.75) is 42.7 Å². The number of aromatic nitrogens is 1. The summed E-state index contributed by atoms with van der Waals surface area (Å²) in [5, 5.41) is 2.50. The van der Waals surface area contributed by atoms with Crippen molar-refractivity contribution < 1.29 is 39.9 Å². The Morgan fingerprint density at radius 2 is 1.91 bits per heavy atom. The van der Waals surface area contributed by atoms with Gasteiger partial charge in [-0.1, -0.05) is 0 Å². The molecule has 0 saturated carbocycles. The summed E-state index contributed by atoms with van der Waals surface area (Å²) in [4.78, 5) is 16.2. The van der Waals surface area contributed by atoms with Crippen LogP contribution < -0.4 is 10.1 Å². The maximum Gasteiger partial charge on any atom is 0.392 e. The first-order chi connectivity index (χ1) is 15.5. The molecule has 180 valence electrons. The molecule has 1 fully saturated rings. The number of ether oxygens (including phenoxy) is 1. The summed E-state index contributed by atoms with van der Waals surface area (Å²) in [6, 6.07) is 5.45. The van der Waals surface area contributed by atoms with Gasteiger partial charge < -0.3 is 10.1 Å². The Labute approximate surface area is 186 Å². The maximum absolute atomic E-state index is 14.1. The molecule has 1 amide bonds. The molecule has 3 rings (SSSR count). The summed E-state index contributed by atoms with van der Waals surface area (Å²) in [6.45, 7) is -1.26. The molecule has 0 aliphatic carbocycles. The molecule has 2 atom stereocenters. The highest BCUT2D eigenvalue weighted by molar-refractivity contribution is 7.89. The summed E-state index contributed by atoms with van der Waals surface area (Å²) in [7, 11) is -4.25. The van der Waals surface area contributed by atoms with Gasteiger partial charge in [0.2, 0.25) is 21.8 Å². The molecule has 2 aromatic rings. The number of hydrogen-bond donors (Lipinski definition) is 1. The van der Waals surface area contributed by atoms with E-state index in [1.807, 2.05) is 0 Å². The second-order valence-corrected chi connectivity index (χ2v) is 9.20. The van der Waals surface area contributed by atoms with Gasteiger partial charge in [-0.15, -0.1) is 0 Å². The fourth-order valence-corrected chi connectivity index (χ4v) is 4.85. The van der Waals surface area contributed by atoms with Crippen molar-refractivity contribution in [3.63, 3.8) is 0 Å². The lowest BCUT2D eigenvalue weighted by atomic mass is 10.2. The van der Waals surface area contributed by atoms with Gasteiger partial charge in [0, 0.05) is 31.8 Å². The van der Waals surface area contributed by atoms with Crippen LogP contribution in [-0.2, 0) is 21.4 Å². The number of rotatable bonds is 8. The second-order valence-electron chi connectivity index (χ2n) is 7.31. The minimum absolute atomic E-state index is 0.0730. The van der Waals surface area contributed by atoms with Gasteiger partial charge in [0.15, 0.2) is 0 Å². The van der Waals surface area contributed by atoms with Crippen molar-refractivity contribution >= 4 is 15.9 Å². The van der Waals surface area contributed by atoms with Gasteiger partial charge in [0.25, 0.3) is 0 Å². The summed E-state index contributed by atoms with van der Waals surface area (Å²) >= 11 is 0. The Morgan fingerprint density at radius 3 is 2.58 bits per heavy atom. The third kappa shape index (κ3) is 6.60. The highest BCUT2D eigenvalue weighted by atomic mass is 32.2. The normalized spacial score (nSPS) is 19.4. The number of benzene rings is 1. The number of pyridine rings is 1. The third-order valence-corrected chi connectivity index (χ3v) is 6.72. The number of halogens is 5. The lowest BCUT2D eigenvalue weighted by Crippen LogP contribution is -2.45. The predicted molar refractivity (Wildman–Crippen MR) is 106 cm³/mol. The van der Waals surface area contributed by atoms with E-state index in [1.165, 1.54) is 18.3 Å². The molecular weight excluding hydrogens is 473 g/mol. The van der Waals surface area contributed by atoms with Crippen LogP contribution in [0.3, 0.4) is 0 Å². The molecule has 7 nitrogen and oxygen atoms in total. The van der Waals surface area contributed by atoms with Crippen LogP contribution in [0.4, 0.5) is 22.0 Å². The van der Waals surface area contributed by atoms with Gasteiger partial charge in [0.05, 0.1) is 17.9 Å². The molecular formula is C20H20F5N3O4S. The van der Waals surface area contributed by atoms with Crippen LogP contribution >= 0.6 is 0 Å². The largest absolute Gasteiger partial charge is 0.477 e. The number of alkyl halides is 4. The monoisotopic (exact) mass is 493 g/mol. The van der Waals surface area contributed by atoms with E-state index in [1.54, 1.807) is 0 Å². The Hall–Kier alpha value is -2.80. The molecule has 1 aromatic carbocycles. The van der Waals surface area contributed by atoms with Gasteiger partial charge in [-0.3, -0.25) is 4.79 Å². The zero-order valence-electron chi connectivity index (χ0n) is 17.1. The average Bonchev–Trinajstić information content (AvgIpc) is 3.14. The van der Waals surface area contributed by atoms with E-state index in [9.17, 15) is 35.2 Å². The molecule has 1 N–H and O–H groups in total. The van der Waals surface area contributed by atoms with E-state index in [2.05, 4.69) is 10.3 Å². The first kappa shape index (κ1) is 24.8. The molecule has 1 aliphatic rings. The fraction of sp³-hybridized carbons (Fsp3) is 0.400. The van der Waals surface area contributed by atoms with E-state index in [4.69, 9.17) is 4.74 Å². The van der Waals surface area contributed by atoms with Gasteiger partial charge in [-0.2, -0.15) is 17.5 Å². The number of carbonyl (C=O) groups excluding carboxylic acids is 1. The summed E-state index contributed by atoms with van der Waals surface area (Å²) in [5.74, 6) is -1.47. The summed E-state index contributed by atoms with van der Waals surface area (Å²) in [6.07, 6.45) is -6.16. The van der Waals surface area contributed by atoms with Crippen LogP contribution in [0.15, 0.2) is 47.5 Å². The molecule has 33 heavy (non-hydrogen) atoms. The number of amides is 1. The fourth-order valence-electron chi connectivity index (χ4n) is 3.22. The lowest BCUT2D eigenvalue weighted by Gasteiger charge is -2.23. The van der Waals surface area contributed by atoms with E-state index in [-0.39, 0.29) is 23.7 Å². The topological polar surface area (TPSA) is 88.6 Å². The first-order valence-electron chi connectivity index (χ1n) is 9.79. The number of hydrogen-bond acceptors (Lipinski definition) is 5. The lowest BCUT2D eigenvalue weighted by molar-refractivity contribution is -0.139. The van der Waals surface area contributed by atoms with Crippen LogP contribution in [0.25, 0.3) is 0 Å². The van der Waals surface area contributed by atoms with Crippen molar-refractivity contribution in [2.24, 2.45) is 0 Å². The Morgan fingerprint density at radius 1 is 1.21 bits per heavy atom. The van der Waals surface area contributed by atoms with Crippen molar-refractivity contribution in [3.8, 4) is 5.88 Å². The Balaban J connectivity index is 1.64. The number of nitrogens with one attached hydrogen (secondary N) is 1. The Bertz CT molecular complexity index is 1080. The van der Waals surface area contributed by atoms with E-state index in [0.29, 0.717) is 5.56 Å². The molecule has 13 heteroatoms. The molecule has 0 radical (unpaired) electrons. The number of nitrogens with zero attached hydrogens (tertiary/aromatic N) is 2. The predicted octanol–water partition coefficient (Wildman–Crippen LogP) is 2.97. The van der Waals surface area contributed by atoms with Gasteiger partial charge in [-0.05, 0) is 35.9 Å². The second kappa shape index (κ2) is 10.00. The molecule has 0 bridgehead atoms. The van der Waals surface area contributed by atoms with Crippen molar-refractivity contribution in [2.75, 3.05) is 13.2 Å². The van der Waals surface area contributed by atoms with Crippen molar-refractivity contribution in [1.29, 1.82) is 0 Å². The molecule has 1 aromatic heterocycles. The van der Waals surface area contributed by atoms with Gasteiger partial charge in [-0.25, -0.2) is 22.2 Å². The quantitative estimate of drug-likeness (QED) is 0.572. The van der Waals surface area contributed by atoms with Crippen molar-refractivity contribution in [3.05, 3.63) is 54.0 Å². The van der Waals surface area contributed by atoms with E-state index >= 15 is 0 Å². The zero-order valence-corrected chi connectivity index (χ0v) is 17.9. The average molecular weight is 493 g/mol. The minimum Gasteiger partial charge on any atom is -0.477 e. The van der Waals surface area contributed by atoms with Crippen LogP contribution in [-0.4, -0.2) is 55.2 Å². The van der Waals surface area contributed by atoms with Crippen molar-refractivity contribution in [1.82, 2.24) is 14.6 Å². The highest BCUT2D eigenvalue weighted by Gasteiger charge is 2.44. The molecule has 0 spiro atoms.